The Balaban J connectivity index is 2.26. The van der Waals surface area contributed by atoms with Gasteiger partial charge in [0.25, 0.3) is 0 Å². The van der Waals surface area contributed by atoms with Crippen LogP contribution in [0.3, 0.4) is 0 Å². The summed E-state index contributed by atoms with van der Waals surface area (Å²) in [5.74, 6) is 0. The Morgan fingerprint density at radius 2 is 1.48 bits per heavy atom. The van der Waals surface area contributed by atoms with E-state index >= 15 is 0 Å². The highest BCUT2D eigenvalue weighted by atomic mass is 28.4. The molecule has 0 spiro atoms. The molecule has 0 saturated heterocycles. The first-order valence-electron chi connectivity index (χ1n) is 10.3. The Kier molecular flexibility index (Phi) is 6.26. The van der Waals surface area contributed by atoms with Crippen LogP contribution in [0.15, 0.2) is 28.7 Å². The minimum Gasteiger partial charge on any atom is -0.466 e. The van der Waals surface area contributed by atoms with Crippen molar-refractivity contribution in [3.63, 3.8) is 0 Å². The maximum atomic E-state index is 6.47. The molecule has 0 amide bonds. The summed E-state index contributed by atoms with van der Waals surface area (Å²) in [6, 6.07) is 8.54. The maximum absolute atomic E-state index is 6.47. The highest BCUT2D eigenvalue weighted by Crippen LogP contribution is 2.39. The predicted molar refractivity (Wildman–Crippen MR) is 125 cm³/mol. The van der Waals surface area contributed by atoms with Gasteiger partial charge in [0, 0.05) is 12.0 Å². The lowest BCUT2D eigenvalue weighted by atomic mass is 10.1. The summed E-state index contributed by atoms with van der Waals surface area (Å²) in [5, 5.41) is 3.10. The van der Waals surface area contributed by atoms with Crippen molar-refractivity contribution in [3.8, 4) is 0 Å². The highest BCUT2D eigenvalue weighted by Gasteiger charge is 2.42. The van der Waals surface area contributed by atoms with Crippen molar-refractivity contribution in [1.82, 2.24) is 0 Å². The van der Waals surface area contributed by atoms with Crippen LogP contribution in [0.1, 0.15) is 53.5 Å². The molecule has 2 nitrogen and oxygen atoms in total. The van der Waals surface area contributed by atoms with Crippen LogP contribution in [0.2, 0.25) is 36.3 Å². The molecule has 152 valence electrons. The first-order valence-corrected chi connectivity index (χ1v) is 16.2. The van der Waals surface area contributed by atoms with Gasteiger partial charge in [-0.25, -0.2) is 0 Å². The van der Waals surface area contributed by atoms with E-state index in [1.54, 1.807) is 0 Å². The SMILES string of the molecule is CC(C)(C)[Si](C)(C)OCCCc1c([Si](C)(C)C(C)(C)C)oc2ccccc12. The summed E-state index contributed by atoms with van der Waals surface area (Å²) in [6.07, 6.45) is 2.09. The highest BCUT2D eigenvalue weighted by molar-refractivity contribution is 6.91. The van der Waals surface area contributed by atoms with Crippen molar-refractivity contribution in [2.45, 2.75) is 90.6 Å². The van der Waals surface area contributed by atoms with E-state index in [1.807, 2.05) is 0 Å². The number of hydrogen-bond donors (Lipinski definition) is 0. The third-order valence-corrected chi connectivity index (χ3v) is 16.8. The van der Waals surface area contributed by atoms with E-state index in [0.29, 0.717) is 0 Å². The monoisotopic (exact) mass is 404 g/mol. The van der Waals surface area contributed by atoms with Gasteiger partial charge in [-0.05, 0) is 47.6 Å². The molecule has 0 fully saturated rings. The Morgan fingerprint density at radius 3 is 2.04 bits per heavy atom. The minimum absolute atomic E-state index is 0.257. The molecular weight excluding hydrogens is 364 g/mol. The number of fused-ring (bicyclic) bond motifs is 1. The van der Waals surface area contributed by atoms with Crippen LogP contribution in [-0.2, 0) is 10.8 Å². The Bertz CT molecular complexity index is 774. The van der Waals surface area contributed by atoms with Crippen LogP contribution < -0.4 is 5.38 Å². The zero-order valence-electron chi connectivity index (χ0n) is 19.2. The maximum Gasteiger partial charge on any atom is 0.191 e. The second-order valence-corrected chi connectivity index (χ2v) is 21.0. The molecule has 0 N–H and O–H groups in total. The molecule has 0 aliphatic rings. The van der Waals surface area contributed by atoms with Gasteiger partial charge in [0.05, 0.1) is 5.38 Å². The molecule has 27 heavy (non-hydrogen) atoms. The lowest BCUT2D eigenvalue weighted by Gasteiger charge is -2.36. The molecule has 0 aliphatic heterocycles. The van der Waals surface area contributed by atoms with E-state index < -0.39 is 16.4 Å². The van der Waals surface area contributed by atoms with Crippen LogP contribution >= 0.6 is 0 Å². The molecular formula is C23H40O2Si2. The Hall–Kier alpha value is -0.846. The third-order valence-electron chi connectivity index (χ3n) is 6.98. The zero-order chi connectivity index (χ0) is 20.7. The van der Waals surface area contributed by atoms with Crippen LogP contribution in [0, 0.1) is 0 Å². The number of para-hydroxylation sites is 1. The van der Waals surface area contributed by atoms with Gasteiger partial charge in [0.2, 0.25) is 0 Å². The predicted octanol–water partition coefficient (Wildman–Crippen LogP) is 7.10. The average molecular weight is 405 g/mol. The molecule has 1 aromatic carbocycles. The van der Waals surface area contributed by atoms with Crippen molar-refractivity contribution >= 4 is 32.7 Å². The van der Waals surface area contributed by atoms with Crippen LogP contribution in [0.4, 0.5) is 0 Å². The molecule has 0 bridgehead atoms. The number of furan rings is 1. The van der Waals surface area contributed by atoms with E-state index in [1.165, 1.54) is 16.3 Å². The van der Waals surface area contributed by atoms with Crippen molar-refractivity contribution < 1.29 is 8.84 Å². The summed E-state index contributed by atoms with van der Waals surface area (Å²) >= 11 is 0. The van der Waals surface area contributed by atoms with Gasteiger partial charge in [0.1, 0.15) is 13.7 Å². The standard InChI is InChI=1S/C23H40O2Si2/c1-22(2,3)26(7,8)21-19(18-14-11-12-16-20(18)25-21)15-13-17-24-27(9,10)23(4,5)6/h11-12,14,16H,13,15,17H2,1-10H3. The van der Waals surface area contributed by atoms with Gasteiger partial charge in [-0.3, -0.25) is 0 Å². The summed E-state index contributed by atoms with van der Waals surface area (Å²) in [4.78, 5) is 0. The van der Waals surface area contributed by atoms with Gasteiger partial charge < -0.3 is 8.84 Å². The molecule has 0 saturated carbocycles. The van der Waals surface area contributed by atoms with Crippen molar-refractivity contribution in [3.05, 3.63) is 29.8 Å². The largest absolute Gasteiger partial charge is 0.466 e. The first-order chi connectivity index (χ1) is 12.2. The van der Waals surface area contributed by atoms with E-state index in [-0.39, 0.29) is 10.1 Å². The lowest BCUT2D eigenvalue weighted by Crippen LogP contribution is -2.50. The van der Waals surface area contributed by atoms with Gasteiger partial charge >= 0.3 is 0 Å². The quantitative estimate of drug-likeness (QED) is 0.378. The summed E-state index contributed by atoms with van der Waals surface area (Å²) in [7, 11) is -3.41. The van der Waals surface area contributed by atoms with Crippen molar-refractivity contribution in [1.29, 1.82) is 0 Å². The van der Waals surface area contributed by atoms with Crippen LogP contribution in [-0.4, -0.2) is 23.0 Å². The fourth-order valence-corrected chi connectivity index (χ4v) is 6.13. The number of rotatable bonds is 6. The average Bonchev–Trinajstić information content (AvgIpc) is 2.89. The van der Waals surface area contributed by atoms with Crippen molar-refractivity contribution in [2.24, 2.45) is 0 Å². The molecule has 4 heteroatoms. The smallest absolute Gasteiger partial charge is 0.191 e. The molecule has 1 aromatic heterocycles. The summed E-state index contributed by atoms with van der Waals surface area (Å²) in [6.45, 7) is 24.4. The Labute approximate surface area is 168 Å². The fraction of sp³-hybridized carbons (Fsp3) is 0.652. The topological polar surface area (TPSA) is 22.4 Å². The Morgan fingerprint density at radius 1 is 0.889 bits per heavy atom. The minimum atomic E-state index is -1.73. The molecule has 1 heterocycles. The number of hydrogen-bond acceptors (Lipinski definition) is 2. The van der Waals surface area contributed by atoms with E-state index in [4.69, 9.17) is 8.84 Å². The molecule has 2 aromatic rings. The van der Waals surface area contributed by atoms with Crippen LogP contribution in [0.25, 0.3) is 11.0 Å². The van der Waals surface area contributed by atoms with Gasteiger partial charge in [-0.15, -0.1) is 0 Å². The summed E-state index contributed by atoms with van der Waals surface area (Å²) < 4.78 is 12.9. The number of benzene rings is 1. The van der Waals surface area contributed by atoms with Crippen molar-refractivity contribution in [2.75, 3.05) is 6.61 Å². The molecule has 0 aliphatic carbocycles. The molecule has 0 radical (unpaired) electrons. The van der Waals surface area contributed by atoms with E-state index in [0.717, 1.165) is 25.0 Å². The lowest BCUT2D eigenvalue weighted by molar-refractivity contribution is 0.282. The third kappa shape index (κ3) is 4.60. The fourth-order valence-electron chi connectivity index (χ4n) is 2.99. The first kappa shape index (κ1) is 22.4. The van der Waals surface area contributed by atoms with Crippen LogP contribution in [0.5, 0.6) is 0 Å². The van der Waals surface area contributed by atoms with Gasteiger partial charge in [0.15, 0.2) is 8.32 Å². The second kappa shape index (κ2) is 7.53. The zero-order valence-corrected chi connectivity index (χ0v) is 21.2. The molecule has 2 rings (SSSR count). The summed E-state index contributed by atoms with van der Waals surface area (Å²) in [5.41, 5.74) is 2.47. The molecule has 0 atom stereocenters. The second-order valence-electron chi connectivity index (χ2n) is 11.0. The number of aryl methyl sites for hydroxylation is 1. The molecule has 0 unspecified atom stereocenters. The van der Waals surface area contributed by atoms with Gasteiger partial charge in [-0.1, -0.05) is 72.8 Å². The van der Waals surface area contributed by atoms with E-state index in [2.05, 4.69) is 92.0 Å². The van der Waals surface area contributed by atoms with E-state index in [9.17, 15) is 0 Å². The van der Waals surface area contributed by atoms with Gasteiger partial charge in [-0.2, -0.15) is 0 Å². The normalized spacial score (nSPS) is 14.1.